The van der Waals surface area contributed by atoms with Crippen molar-refractivity contribution in [3.05, 3.63) is 65.6 Å². The number of hydrogen-bond donors (Lipinski definition) is 2. The Hall–Kier alpha value is -4.65. The second kappa shape index (κ2) is 12.3. The zero-order chi connectivity index (χ0) is 28.9. The SMILES string of the molecule is CCC(Oc1ccc(-c2noc(C3CC3)n2)cc1)c1nc(-c2ccc(C(=O)N[C@H](C)COC(=O)CN)c(F)c2)no1. The highest BCUT2D eigenvalue weighted by atomic mass is 19.1. The molecule has 0 aliphatic heterocycles. The quantitative estimate of drug-likeness (QED) is 0.239. The topological polar surface area (TPSA) is 168 Å². The molecule has 1 aliphatic rings. The third-order valence-corrected chi connectivity index (χ3v) is 6.36. The first kappa shape index (κ1) is 27.9. The largest absolute Gasteiger partial charge is 0.481 e. The highest BCUT2D eigenvalue weighted by Crippen LogP contribution is 2.39. The Bertz CT molecular complexity index is 1520. The molecule has 1 fully saturated rings. The molecule has 0 radical (unpaired) electrons. The van der Waals surface area contributed by atoms with E-state index < -0.39 is 29.8 Å². The lowest BCUT2D eigenvalue weighted by Crippen LogP contribution is -2.37. The molecular formula is C28H29FN6O6. The highest BCUT2D eigenvalue weighted by molar-refractivity contribution is 5.95. The van der Waals surface area contributed by atoms with Gasteiger partial charge >= 0.3 is 5.97 Å². The predicted molar refractivity (Wildman–Crippen MR) is 142 cm³/mol. The maximum absolute atomic E-state index is 14.8. The Morgan fingerprint density at radius 2 is 1.78 bits per heavy atom. The first-order chi connectivity index (χ1) is 19.8. The van der Waals surface area contributed by atoms with Crippen LogP contribution >= 0.6 is 0 Å². The van der Waals surface area contributed by atoms with Crippen LogP contribution < -0.4 is 15.8 Å². The molecular weight excluding hydrogens is 535 g/mol. The lowest BCUT2D eigenvalue weighted by molar-refractivity contribution is -0.142. The van der Waals surface area contributed by atoms with Crippen LogP contribution in [0.3, 0.4) is 0 Å². The minimum atomic E-state index is -0.772. The molecule has 0 saturated heterocycles. The number of nitrogens with zero attached hydrogens (tertiary/aromatic N) is 4. The number of carbonyl (C=O) groups excluding carboxylic acids is 2. The van der Waals surface area contributed by atoms with Crippen molar-refractivity contribution in [3.8, 4) is 28.5 Å². The fraction of sp³-hybridized carbons (Fsp3) is 0.357. The van der Waals surface area contributed by atoms with Crippen LogP contribution in [-0.2, 0) is 9.53 Å². The third kappa shape index (κ3) is 6.74. The second-order valence-electron chi connectivity index (χ2n) is 9.68. The Balaban J connectivity index is 1.21. The van der Waals surface area contributed by atoms with Crippen LogP contribution in [0.5, 0.6) is 5.75 Å². The molecule has 41 heavy (non-hydrogen) atoms. The number of aromatic nitrogens is 4. The monoisotopic (exact) mass is 564 g/mol. The molecule has 1 unspecified atom stereocenters. The number of carbonyl (C=O) groups is 2. The maximum atomic E-state index is 14.8. The number of esters is 1. The van der Waals surface area contributed by atoms with E-state index in [1.54, 1.807) is 19.1 Å². The van der Waals surface area contributed by atoms with E-state index in [9.17, 15) is 14.0 Å². The summed E-state index contributed by atoms with van der Waals surface area (Å²) in [5.41, 5.74) is 6.13. The number of nitrogens with two attached hydrogens (primary N) is 1. The van der Waals surface area contributed by atoms with Gasteiger partial charge in [-0.3, -0.25) is 9.59 Å². The van der Waals surface area contributed by atoms with Crippen LogP contribution in [-0.4, -0.2) is 51.4 Å². The van der Waals surface area contributed by atoms with Crippen LogP contribution in [0.15, 0.2) is 51.5 Å². The highest BCUT2D eigenvalue weighted by Gasteiger charge is 2.30. The summed E-state index contributed by atoms with van der Waals surface area (Å²) in [5, 5.41) is 10.6. The van der Waals surface area contributed by atoms with Crippen LogP contribution in [0.1, 0.15) is 67.3 Å². The van der Waals surface area contributed by atoms with E-state index in [1.807, 2.05) is 19.1 Å². The minimum Gasteiger partial charge on any atom is -0.481 e. The normalized spacial score (nSPS) is 14.3. The number of rotatable bonds is 12. The van der Waals surface area contributed by atoms with Gasteiger partial charge in [-0.2, -0.15) is 9.97 Å². The molecule has 4 aromatic rings. The second-order valence-corrected chi connectivity index (χ2v) is 9.68. The van der Waals surface area contributed by atoms with E-state index in [0.717, 1.165) is 24.5 Å². The van der Waals surface area contributed by atoms with Crippen LogP contribution in [0.2, 0.25) is 0 Å². The smallest absolute Gasteiger partial charge is 0.319 e. The number of nitrogens with one attached hydrogen (secondary N) is 1. The molecule has 2 aromatic carbocycles. The van der Waals surface area contributed by atoms with Gasteiger partial charge in [0.05, 0.1) is 18.2 Å². The molecule has 0 spiro atoms. The van der Waals surface area contributed by atoms with Crippen molar-refractivity contribution in [1.29, 1.82) is 0 Å². The van der Waals surface area contributed by atoms with Gasteiger partial charge in [-0.1, -0.05) is 23.3 Å². The zero-order valence-corrected chi connectivity index (χ0v) is 22.5. The van der Waals surface area contributed by atoms with Crippen molar-refractivity contribution < 1.29 is 32.5 Å². The first-order valence-electron chi connectivity index (χ1n) is 13.2. The summed E-state index contributed by atoms with van der Waals surface area (Å²) in [6.45, 7) is 3.18. The average Bonchev–Trinajstić information content (AvgIpc) is 3.50. The number of benzene rings is 2. The lowest BCUT2D eigenvalue weighted by atomic mass is 10.1. The molecule has 13 heteroatoms. The van der Waals surface area contributed by atoms with Gasteiger partial charge in [-0.15, -0.1) is 0 Å². The van der Waals surface area contributed by atoms with Crippen molar-refractivity contribution in [2.75, 3.05) is 13.2 Å². The summed E-state index contributed by atoms with van der Waals surface area (Å²) < 4.78 is 36.5. The molecule has 3 N–H and O–H groups in total. The van der Waals surface area contributed by atoms with Crippen molar-refractivity contribution in [2.45, 2.75) is 51.2 Å². The summed E-state index contributed by atoms with van der Waals surface area (Å²) in [6, 6.07) is 10.7. The Morgan fingerprint density at radius 1 is 1.07 bits per heavy atom. The summed E-state index contributed by atoms with van der Waals surface area (Å²) in [7, 11) is 0. The van der Waals surface area contributed by atoms with E-state index in [4.69, 9.17) is 24.3 Å². The van der Waals surface area contributed by atoms with Gasteiger partial charge in [0, 0.05) is 17.0 Å². The van der Waals surface area contributed by atoms with Crippen LogP contribution in [0.4, 0.5) is 4.39 Å². The Morgan fingerprint density at radius 3 is 2.46 bits per heavy atom. The Kier molecular flexibility index (Phi) is 8.34. The van der Waals surface area contributed by atoms with Crippen LogP contribution in [0, 0.1) is 5.82 Å². The number of hydrogen-bond acceptors (Lipinski definition) is 11. The van der Waals surface area contributed by atoms with Gasteiger partial charge < -0.3 is 29.6 Å². The predicted octanol–water partition coefficient (Wildman–Crippen LogP) is 3.95. The van der Waals surface area contributed by atoms with E-state index in [0.29, 0.717) is 35.4 Å². The third-order valence-electron chi connectivity index (χ3n) is 6.36. The van der Waals surface area contributed by atoms with Gasteiger partial charge in [-0.25, -0.2) is 4.39 Å². The lowest BCUT2D eigenvalue weighted by Gasteiger charge is -2.14. The van der Waals surface area contributed by atoms with E-state index in [-0.39, 0.29) is 30.4 Å². The summed E-state index contributed by atoms with van der Waals surface area (Å²) in [6.07, 6.45) is 2.15. The Labute approximate surface area is 234 Å². The molecule has 0 bridgehead atoms. The summed E-state index contributed by atoms with van der Waals surface area (Å²) >= 11 is 0. The maximum Gasteiger partial charge on any atom is 0.319 e. The first-order valence-corrected chi connectivity index (χ1v) is 13.2. The number of halogens is 1. The fourth-order valence-electron chi connectivity index (χ4n) is 3.95. The molecule has 2 heterocycles. The number of amides is 1. The van der Waals surface area contributed by atoms with Crippen molar-refractivity contribution >= 4 is 11.9 Å². The molecule has 12 nitrogen and oxygen atoms in total. The van der Waals surface area contributed by atoms with Gasteiger partial charge in [0.15, 0.2) is 6.10 Å². The molecule has 5 rings (SSSR count). The van der Waals surface area contributed by atoms with Gasteiger partial charge in [0.2, 0.25) is 17.5 Å². The van der Waals surface area contributed by atoms with Gasteiger partial charge in [0.1, 0.15) is 18.2 Å². The molecule has 1 amide bonds. The van der Waals surface area contributed by atoms with Gasteiger partial charge in [0.25, 0.3) is 11.8 Å². The average molecular weight is 565 g/mol. The zero-order valence-electron chi connectivity index (χ0n) is 22.5. The molecule has 214 valence electrons. The van der Waals surface area contributed by atoms with Crippen molar-refractivity contribution in [2.24, 2.45) is 5.73 Å². The summed E-state index contributed by atoms with van der Waals surface area (Å²) in [5.74, 6) is 0.512. The minimum absolute atomic E-state index is 0.0854. The molecule has 2 aromatic heterocycles. The molecule has 1 aliphatic carbocycles. The standard InChI is InChI=1S/C28H29FN6O6/c1-3-22(39-19-9-6-16(7-10-19)24-32-27(40-34-24)17-4-5-17)28-33-25(35-41-28)18-8-11-20(21(29)12-18)26(37)31-15(2)14-38-23(36)13-30/h6-12,15,17,22H,3-5,13-14,30H2,1-2H3,(H,31,37)/t15-,22?/m1/s1. The van der Waals surface area contributed by atoms with E-state index in [2.05, 4.69) is 25.6 Å². The summed E-state index contributed by atoms with van der Waals surface area (Å²) in [4.78, 5) is 32.5. The fourth-order valence-corrected chi connectivity index (χ4v) is 3.95. The van der Waals surface area contributed by atoms with Crippen LogP contribution in [0.25, 0.3) is 22.8 Å². The van der Waals surface area contributed by atoms with E-state index >= 15 is 0 Å². The molecule has 2 atom stereocenters. The molecule has 1 saturated carbocycles. The van der Waals surface area contributed by atoms with Crippen molar-refractivity contribution in [1.82, 2.24) is 25.6 Å². The number of ether oxygens (including phenoxy) is 2. The van der Waals surface area contributed by atoms with Crippen molar-refractivity contribution in [3.63, 3.8) is 0 Å². The van der Waals surface area contributed by atoms with E-state index in [1.165, 1.54) is 12.1 Å². The van der Waals surface area contributed by atoms with Gasteiger partial charge in [-0.05, 0) is 62.6 Å².